The van der Waals surface area contributed by atoms with E-state index in [-0.39, 0.29) is 11.7 Å². The first-order valence-electron chi connectivity index (χ1n) is 10.8. The third-order valence-electron chi connectivity index (χ3n) is 6.50. The van der Waals surface area contributed by atoms with Crippen molar-refractivity contribution in [3.63, 3.8) is 0 Å². The number of hydrogen-bond acceptors (Lipinski definition) is 5. The van der Waals surface area contributed by atoms with Gasteiger partial charge < -0.3 is 9.42 Å². The van der Waals surface area contributed by atoms with Gasteiger partial charge in [0.25, 0.3) is 5.95 Å². The molecule has 1 saturated heterocycles. The van der Waals surface area contributed by atoms with E-state index in [1.165, 1.54) is 49.4 Å². The summed E-state index contributed by atoms with van der Waals surface area (Å²) in [6, 6.07) is 5.83. The first-order chi connectivity index (χ1) is 14.1. The van der Waals surface area contributed by atoms with E-state index >= 15 is 0 Å². The predicted molar refractivity (Wildman–Crippen MR) is 109 cm³/mol. The largest absolute Gasteiger partial charge is 0.337 e. The SMILES string of the molecule is CC(C)c1nn(-c2noc(CC3CCN(C4CCCC4)C3)n2)c2c(F)cccc12. The van der Waals surface area contributed by atoms with E-state index in [2.05, 4.69) is 34.0 Å². The molecule has 3 aromatic rings. The third-order valence-corrected chi connectivity index (χ3v) is 6.50. The van der Waals surface area contributed by atoms with Crippen molar-refractivity contribution in [2.45, 2.75) is 64.3 Å². The number of fused-ring (bicyclic) bond motifs is 1. The van der Waals surface area contributed by atoms with Gasteiger partial charge in [-0.1, -0.05) is 38.8 Å². The smallest absolute Gasteiger partial charge is 0.291 e. The van der Waals surface area contributed by atoms with Crippen LogP contribution in [0, 0.1) is 11.7 Å². The molecule has 3 heterocycles. The maximum absolute atomic E-state index is 14.6. The van der Waals surface area contributed by atoms with Crippen molar-refractivity contribution in [2.24, 2.45) is 5.92 Å². The second-order valence-corrected chi connectivity index (χ2v) is 8.87. The fraction of sp³-hybridized carbons (Fsp3) is 0.591. The molecule has 0 spiro atoms. The van der Waals surface area contributed by atoms with Gasteiger partial charge in [0.1, 0.15) is 11.3 Å². The Balaban J connectivity index is 1.37. The van der Waals surface area contributed by atoms with Crippen LogP contribution in [0.15, 0.2) is 22.7 Å². The van der Waals surface area contributed by atoms with Crippen molar-refractivity contribution in [1.82, 2.24) is 24.8 Å². The average Bonchev–Trinajstić information content (AvgIpc) is 3.48. The summed E-state index contributed by atoms with van der Waals surface area (Å²) in [5.74, 6) is 1.32. The maximum Gasteiger partial charge on any atom is 0.291 e. The van der Waals surface area contributed by atoms with Gasteiger partial charge in [0.2, 0.25) is 5.89 Å². The molecular weight excluding hydrogens is 369 g/mol. The zero-order valence-corrected chi connectivity index (χ0v) is 17.1. The number of rotatable bonds is 5. The zero-order chi connectivity index (χ0) is 20.0. The number of para-hydroxylation sites is 1. The molecule has 2 fully saturated rings. The molecular formula is C22H28FN5O. The average molecular weight is 397 g/mol. The first kappa shape index (κ1) is 18.7. The van der Waals surface area contributed by atoms with Gasteiger partial charge >= 0.3 is 0 Å². The molecule has 29 heavy (non-hydrogen) atoms. The van der Waals surface area contributed by atoms with Crippen molar-refractivity contribution in [3.8, 4) is 5.95 Å². The minimum Gasteiger partial charge on any atom is -0.337 e. The van der Waals surface area contributed by atoms with Gasteiger partial charge in [0, 0.05) is 24.4 Å². The van der Waals surface area contributed by atoms with Gasteiger partial charge in [0.15, 0.2) is 0 Å². The molecule has 1 saturated carbocycles. The molecule has 0 amide bonds. The van der Waals surface area contributed by atoms with Crippen molar-refractivity contribution in [3.05, 3.63) is 35.6 Å². The minimum atomic E-state index is -0.323. The summed E-state index contributed by atoms with van der Waals surface area (Å²) >= 11 is 0. The van der Waals surface area contributed by atoms with Crippen LogP contribution in [0.3, 0.4) is 0 Å². The van der Waals surface area contributed by atoms with Crippen molar-refractivity contribution >= 4 is 10.9 Å². The van der Waals surface area contributed by atoms with E-state index in [1.807, 2.05) is 6.07 Å². The van der Waals surface area contributed by atoms with Gasteiger partial charge in [-0.3, -0.25) is 0 Å². The maximum atomic E-state index is 14.6. The zero-order valence-electron chi connectivity index (χ0n) is 17.1. The van der Waals surface area contributed by atoms with E-state index in [9.17, 15) is 4.39 Å². The van der Waals surface area contributed by atoms with E-state index in [4.69, 9.17) is 4.52 Å². The molecule has 0 bridgehead atoms. The Bertz CT molecular complexity index is 1000. The number of halogens is 1. The highest BCUT2D eigenvalue weighted by atomic mass is 19.1. The second-order valence-electron chi connectivity index (χ2n) is 8.87. The van der Waals surface area contributed by atoms with Crippen LogP contribution in [0.25, 0.3) is 16.9 Å². The van der Waals surface area contributed by atoms with Gasteiger partial charge in [-0.15, -0.1) is 0 Å². The summed E-state index contributed by atoms with van der Waals surface area (Å²) in [5.41, 5.74) is 1.26. The number of hydrogen-bond donors (Lipinski definition) is 0. The topological polar surface area (TPSA) is 60.0 Å². The summed E-state index contributed by atoms with van der Waals surface area (Å²) in [6.45, 7) is 6.38. The summed E-state index contributed by atoms with van der Waals surface area (Å²) in [5, 5.41) is 9.54. The van der Waals surface area contributed by atoms with Crippen LogP contribution in [-0.4, -0.2) is 44.0 Å². The predicted octanol–water partition coefficient (Wildman–Crippen LogP) is 4.48. The van der Waals surface area contributed by atoms with Crippen LogP contribution in [0.2, 0.25) is 0 Å². The Hall–Kier alpha value is -2.28. The molecule has 2 aromatic heterocycles. The van der Waals surface area contributed by atoms with Gasteiger partial charge in [-0.2, -0.15) is 14.8 Å². The van der Waals surface area contributed by atoms with Crippen molar-refractivity contribution < 1.29 is 8.91 Å². The Morgan fingerprint density at radius 2 is 2.03 bits per heavy atom. The lowest BCUT2D eigenvalue weighted by Crippen LogP contribution is -2.31. The Labute approximate surface area is 170 Å². The van der Waals surface area contributed by atoms with Crippen LogP contribution < -0.4 is 0 Å². The number of nitrogens with zero attached hydrogens (tertiary/aromatic N) is 5. The van der Waals surface area contributed by atoms with Crippen molar-refractivity contribution in [2.75, 3.05) is 13.1 Å². The molecule has 0 radical (unpaired) electrons. The van der Waals surface area contributed by atoms with Gasteiger partial charge in [-0.05, 0) is 48.9 Å². The highest BCUT2D eigenvalue weighted by Crippen LogP contribution is 2.31. The van der Waals surface area contributed by atoms with Crippen LogP contribution in [-0.2, 0) is 6.42 Å². The molecule has 6 nitrogen and oxygen atoms in total. The highest BCUT2D eigenvalue weighted by molar-refractivity contribution is 5.84. The Kier molecular flexibility index (Phi) is 4.86. The lowest BCUT2D eigenvalue weighted by atomic mass is 10.1. The lowest BCUT2D eigenvalue weighted by molar-refractivity contribution is 0.234. The van der Waals surface area contributed by atoms with Gasteiger partial charge in [-0.25, -0.2) is 4.39 Å². The number of likely N-dealkylation sites (tertiary alicyclic amines) is 1. The van der Waals surface area contributed by atoms with E-state index in [0.29, 0.717) is 23.3 Å². The van der Waals surface area contributed by atoms with Crippen LogP contribution in [0.1, 0.15) is 63.5 Å². The minimum absolute atomic E-state index is 0.173. The quantitative estimate of drug-likeness (QED) is 0.635. The molecule has 1 unspecified atom stereocenters. The molecule has 2 aliphatic rings. The molecule has 5 rings (SSSR count). The summed E-state index contributed by atoms with van der Waals surface area (Å²) < 4.78 is 21.6. The van der Waals surface area contributed by atoms with E-state index in [0.717, 1.165) is 30.1 Å². The molecule has 1 aromatic carbocycles. The fourth-order valence-corrected chi connectivity index (χ4v) is 5.01. The first-order valence-corrected chi connectivity index (χ1v) is 10.8. The second kappa shape index (κ2) is 7.52. The molecule has 0 N–H and O–H groups in total. The number of aromatic nitrogens is 4. The van der Waals surface area contributed by atoms with Gasteiger partial charge in [0.05, 0.1) is 5.69 Å². The summed E-state index contributed by atoms with van der Waals surface area (Å²) in [6.07, 6.45) is 7.36. The monoisotopic (exact) mass is 397 g/mol. The lowest BCUT2D eigenvalue weighted by Gasteiger charge is -2.23. The fourth-order valence-electron chi connectivity index (χ4n) is 5.01. The van der Waals surface area contributed by atoms with E-state index in [1.54, 1.807) is 6.07 Å². The third kappa shape index (κ3) is 3.45. The van der Waals surface area contributed by atoms with E-state index < -0.39 is 0 Å². The van der Waals surface area contributed by atoms with Crippen LogP contribution in [0.4, 0.5) is 4.39 Å². The summed E-state index contributed by atoms with van der Waals surface area (Å²) in [4.78, 5) is 7.21. The number of benzene rings is 1. The summed E-state index contributed by atoms with van der Waals surface area (Å²) in [7, 11) is 0. The highest BCUT2D eigenvalue weighted by Gasteiger charge is 2.31. The molecule has 1 atom stereocenters. The standard InChI is InChI=1S/C22H28FN5O/c1-14(2)20-17-8-5-9-18(23)21(17)28(25-20)22-24-19(29-26-22)12-15-10-11-27(13-15)16-6-3-4-7-16/h5,8-9,14-16H,3-4,6-7,10-13H2,1-2H3. The molecule has 154 valence electrons. The molecule has 7 heteroatoms. The van der Waals surface area contributed by atoms with Crippen LogP contribution >= 0.6 is 0 Å². The van der Waals surface area contributed by atoms with Crippen LogP contribution in [0.5, 0.6) is 0 Å². The normalized spacial score (nSPS) is 21.2. The Morgan fingerprint density at radius 3 is 2.83 bits per heavy atom. The Morgan fingerprint density at radius 1 is 1.21 bits per heavy atom. The van der Waals surface area contributed by atoms with Crippen molar-refractivity contribution in [1.29, 1.82) is 0 Å². The molecule has 1 aliphatic heterocycles. The molecule has 1 aliphatic carbocycles.